The first kappa shape index (κ1) is 7.58. The topological polar surface area (TPSA) is 57.6 Å². The second kappa shape index (κ2) is 2.21. The molecular formula is C8H11NO3. The van der Waals surface area contributed by atoms with E-state index in [0.29, 0.717) is 6.42 Å². The van der Waals surface area contributed by atoms with Gasteiger partial charge in [0.25, 0.3) is 0 Å². The second-order valence-corrected chi connectivity index (χ2v) is 3.61. The third kappa shape index (κ3) is 0.777. The summed E-state index contributed by atoms with van der Waals surface area (Å²) in [6, 6.07) is -0.298. The van der Waals surface area contributed by atoms with Crippen molar-refractivity contribution in [3.05, 3.63) is 0 Å². The van der Waals surface area contributed by atoms with E-state index in [1.54, 1.807) is 0 Å². The fraction of sp³-hybridized carbons (Fsp3) is 0.750. The van der Waals surface area contributed by atoms with Crippen LogP contribution in [0, 0.1) is 5.92 Å². The van der Waals surface area contributed by atoms with Crippen LogP contribution in [0.25, 0.3) is 0 Å². The van der Waals surface area contributed by atoms with Gasteiger partial charge in [0, 0.05) is 12.5 Å². The zero-order valence-electron chi connectivity index (χ0n) is 6.86. The zero-order valence-corrected chi connectivity index (χ0v) is 6.86. The lowest BCUT2D eigenvalue weighted by molar-refractivity contribution is -0.123. The first-order valence-electron chi connectivity index (χ1n) is 4.15. The molecule has 0 spiro atoms. The van der Waals surface area contributed by atoms with Crippen molar-refractivity contribution in [2.45, 2.75) is 31.8 Å². The Hall–Kier alpha value is -1.06. The Balaban J connectivity index is 2.26. The van der Waals surface area contributed by atoms with Crippen LogP contribution in [0.1, 0.15) is 19.8 Å². The van der Waals surface area contributed by atoms with Gasteiger partial charge in [-0.15, -0.1) is 0 Å². The SMILES string of the molecule is CC1C2CC(=O)C(C2)N1C(=O)O. The second-order valence-electron chi connectivity index (χ2n) is 3.61. The number of hydrogen-bond donors (Lipinski definition) is 1. The summed E-state index contributed by atoms with van der Waals surface area (Å²) in [6.45, 7) is 1.88. The van der Waals surface area contributed by atoms with Gasteiger partial charge in [0.15, 0.2) is 5.78 Å². The van der Waals surface area contributed by atoms with Gasteiger partial charge in [-0.2, -0.15) is 0 Å². The van der Waals surface area contributed by atoms with Gasteiger partial charge in [-0.25, -0.2) is 4.79 Å². The lowest BCUT2D eigenvalue weighted by atomic mass is 10.0. The lowest BCUT2D eigenvalue weighted by Gasteiger charge is -2.29. The number of nitrogens with zero attached hydrogens (tertiary/aromatic N) is 1. The molecule has 1 aliphatic heterocycles. The molecule has 4 nitrogen and oxygen atoms in total. The maximum atomic E-state index is 11.2. The first-order chi connectivity index (χ1) is 5.61. The van der Waals surface area contributed by atoms with E-state index in [2.05, 4.69) is 0 Å². The van der Waals surface area contributed by atoms with Crippen molar-refractivity contribution >= 4 is 11.9 Å². The number of fused-ring (bicyclic) bond motifs is 2. The van der Waals surface area contributed by atoms with Crippen LogP contribution in [0.15, 0.2) is 0 Å². The minimum absolute atomic E-state index is 0.0326. The Labute approximate surface area is 70.2 Å². The molecule has 1 aliphatic carbocycles. The molecule has 2 fully saturated rings. The smallest absolute Gasteiger partial charge is 0.408 e. The van der Waals surface area contributed by atoms with Gasteiger partial charge in [-0.1, -0.05) is 0 Å². The standard InChI is InChI=1S/C8H11NO3/c1-4-5-2-6(7(10)3-5)9(4)8(11)12/h4-6H,2-3H2,1H3,(H,11,12). The molecule has 4 heteroatoms. The summed E-state index contributed by atoms with van der Waals surface area (Å²) in [7, 11) is 0. The summed E-state index contributed by atoms with van der Waals surface area (Å²) >= 11 is 0. The van der Waals surface area contributed by atoms with Gasteiger partial charge >= 0.3 is 6.09 Å². The number of piperidine rings is 1. The molecule has 3 atom stereocenters. The van der Waals surface area contributed by atoms with Crippen LogP contribution in [0.2, 0.25) is 0 Å². The minimum Gasteiger partial charge on any atom is -0.465 e. The number of carboxylic acid groups (broad SMARTS) is 1. The minimum atomic E-state index is -0.956. The van der Waals surface area contributed by atoms with Gasteiger partial charge in [0.2, 0.25) is 0 Å². The summed E-state index contributed by atoms with van der Waals surface area (Å²) in [5.41, 5.74) is 0. The average molecular weight is 169 g/mol. The molecule has 1 saturated heterocycles. The van der Waals surface area contributed by atoms with Crippen LogP contribution in [0.4, 0.5) is 4.79 Å². The van der Waals surface area contributed by atoms with Gasteiger partial charge in [-0.05, 0) is 19.3 Å². The molecule has 0 aromatic heterocycles. The van der Waals surface area contributed by atoms with Gasteiger partial charge in [0.1, 0.15) is 0 Å². The number of rotatable bonds is 0. The van der Waals surface area contributed by atoms with Crippen LogP contribution in [0.5, 0.6) is 0 Å². The largest absolute Gasteiger partial charge is 0.465 e. The van der Waals surface area contributed by atoms with Gasteiger partial charge in [-0.3, -0.25) is 9.69 Å². The van der Waals surface area contributed by atoms with Crippen molar-refractivity contribution in [2.24, 2.45) is 5.92 Å². The van der Waals surface area contributed by atoms with E-state index in [9.17, 15) is 9.59 Å². The number of hydrogen-bond acceptors (Lipinski definition) is 2. The Morgan fingerprint density at radius 2 is 2.33 bits per heavy atom. The number of amides is 1. The predicted octanol–water partition coefficient (Wildman–Crippen LogP) is 0.716. The molecule has 2 bridgehead atoms. The van der Waals surface area contributed by atoms with E-state index in [1.807, 2.05) is 6.92 Å². The fourth-order valence-electron chi connectivity index (χ4n) is 2.35. The highest BCUT2D eigenvalue weighted by molar-refractivity contribution is 5.91. The number of carbonyl (C=O) groups excluding carboxylic acids is 1. The Morgan fingerprint density at radius 3 is 2.75 bits per heavy atom. The van der Waals surface area contributed by atoms with Crippen LogP contribution in [-0.4, -0.2) is 34.0 Å². The summed E-state index contributed by atoms with van der Waals surface area (Å²) in [5, 5.41) is 8.80. The summed E-state index contributed by atoms with van der Waals surface area (Å²) in [4.78, 5) is 23.2. The molecule has 0 radical (unpaired) electrons. The maximum Gasteiger partial charge on any atom is 0.408 e. The predicted molar refractivity (Wildman–Crippen MR) is 40.8 cm³/mol. The first-order valence-corrected chi connectivity index (χ1v) is 4.15. The highest BCUT2D eigenvalue weighted by atomic mass is 16.4. The molecule has 1 N–H and O–H groups in total. The summed E-state index contributed by atoms with van der Waals surface area (Å²) in [5.74, 6) is 0.374. The van der Waals surface area contributed by atoms with Gasteiger partial charge in [0.05, 0.1) is 6.04 Å². The molecule has 2 aliphatic rings. The lowest BCUT2D eigenvalue weighted by Crippen LogP contribution is -2.46. The molecule has 12 heavy (non-hydrogen) atoms. The van der Waals surface area contributed by atoms with Crippen molar-refractivity contribution in [3.63, 3.8) is 0 Å². The normalized spacial score (nSPS) is 39.2. The summed E-state index contributed by atoms with van der Waals surface area (Å²) in [6.07, 6.45) is 0.366. The summed E-state index contributed by atoms with van der Waals surface area (Å²) < 4.78 is 0. The van der Waals surface area contributed by atoms with Crippen LogP contribution in [-0.2, 0) is 4.79 Å². The monoisotopic (exact) mass is 169 g/mol. The van der Waals surface area contributed by atoms with Crippen LogP contribution < -0.4 is 0 Å². The van der Waals surface area contributed by atoms with E-state index in [4.69, 9.17) is 5.11 Å². The highest BCUT2D eigenvalue weighted by Gasteiger charge is 2.50. The average Bonchev–Trinajstić information content (AvgIpc) is 2.44. The quantitative estimate of drug-likeness (QED) is 0.581. The van der Waals surface area contributed by atoms with Crippen molar-refractivity contribution < 1.29 is 14.7 Å². The highest BCUT2D eigenvalue weighted by Crippen LogP contribution is 2.39. The number of ketones is 1. The molecule has 66 valence electrons. The van der Waals surface area contributed by atoms with E-state index < -0.39 is 6.09 Å². The van der Waals surface area contributed by atoms with Crippen LogP contribution in [0.3, 0.4) is 0 Å². The van der Waals surface area contributed by atoms with Crippen molar-refractivity contribution in [2.75, 3.05) is 0 Å². The third-order valence-corrected chi connectivity index (χ3v) is 3.04. The molecular weight excluding hydrogens is 158 g/mol. The van der Waals surface area contributed by atoms with E-state index in [-0.39, 0.29) is 23.8 Å². The zero-order chi connectivity index (χ0) is 8.88. The third-order valence-electron chi connectivity index (χ3n) is 3.04. The number of Topliss-reactive ketones (excluding diaryl/α,β-unsaturated/α-hetero) is 1. The molecule has 1 saturated carbocycles. The molecule has 1 heterocycles. The maximum absolute atomic E-state index is 11.2. The molecule has 0 aromatic carbocycles. The van der Waals surface area contributed by atoms with E-state index in [1.165, 1.54) is 4.90 Å². The number of carbonyl (C=O) groups is 2. The Kier molecular flexibility index (Phi) is 1.40. The Morgan fingerprint density at radius 1 is 1.67 bits per heavy atom. The van der Waals surface area contributed by atoms with E-state index >= 15 is 0 Å². The molecule has 3 unspecified atom stereocenters. The molecule has 1 amide bonds. The van der Waals surface area contributed by atoms with Crippen LogP contribution >= 0.6 is 0 Å². The van der Waals surface area contributed by atoms with Crippen molar-refractivity contribution in [3.8, 4) is 0 Å². The van der Waals surface area contributed by atoms with Crippen molar-refractivity contribution in [1.82, 2.24) is 4.90 Å². The number of likely N-dealkylation sites (tertiary alicyclic amines) is 1. The Bertz CT molecular complexity index is 251. The van der Waals surface area contributed by atoms with Crippen molar-refractivity contribution in [1.29, 1.82) is 0 Å². The fourth-order valence-corrected chi connectivity index (χ4v) is 2.35. The van der Waals surface area contributed by atoms with Gasteiger partial charge < -0.3 is 5.11 Å². The molecule has 0 aromatic rings. The molecule has 2 rings (SSSR count). The van der Waals surface area contributed by atoms with E-state index in [0.717, 1.165) is 6.42 Å².